The predicted octanol–water partition coefficient (Wildman–Crippen LogP) is 2.48. The highest BCUT2D eigenvalue weighted by atomic mass is 32.2. The van der Waals surface area contributed by atoms with Crippen molar-refractivity contribution in [2.45, 2.75) is 11.8 Å². The second kappa shape index (κ2) is 9.67. The Kier molecular flexibility index (Phi) is 7.19. The van der Waals surface area contributed by atoms with Gasteiger partial charge in [-0.15, -0.1) is 0 Å². The summed E-state index contributed by atoms with van der Waals surface area (Å²) in [6, 6.07) is 12.3. The Morgan fingerprint density at radius 2 is 1.81 bits per heavy atom. The van der Waals surface area contributed by atoms with Gasteiger partial charge in [-0.1, -0.05) is 6.07 Å². The van der Waals surface area contributed by atoms with Crippen molar-refractivity contribution in [2.24, 2.45) is 0 Å². The smallest absolute Gasteiger partial charge is 0.257 e. The van der Waals surface area contributed by atoms with Gasteiger partial charge < -0.3 is 19.9 Å². The van der Waals surface area contributed by atoms with Crippen LogP contribution in [0.5, 0.6) is 0 Å². The molecule has 3 rings (SSSR count). The highest BCUT2D eigenvalue weighted by molar-refractivity contribution is 7.89. The minimum absolute atomic E-state index is 0.0825. The normalized spacial score (nSPS) is 14.5. The number of nitrogens with one attached hydrogen (secondary N) is 1. The molecular weight excluding hydrogens is 416 g/mol. The zero-order chi connectivity index (χ0) is 22.6. The zero-order valence-electron chi connectivity index (χ0n) is 18.5. The van der Waals surface area contributed by atoms with Crippen molar-refractivity contribution >= 4 is 33.0 Å². The third-order valence-corrected chi connectivity index (χ3v) is 7.17. The van der Waals surface area contributed by atoms with Crippen molar-refractivity contribution in [2.75, 3.05) is 69.1 Å². The number of morpholine rings is 1. The van der Waals surface area contributed by atoms with Crippen LogP contribution in [-0.4, -0.2) is 72.6 Å². The topological polar surface area (TPSA) is 82.2 Å². The molecule has 1 N–H and O–H groups in total. The van der Waals surface area contributed by atoms with Crippen LogP contribution in [0.3, 0.4) is 0 Å². The predicted molar refractivity (Wildman–Crippen MR) is 124 cm³/mol. The number of amides is 1. The van der Waals surface area contributed by atoms with Crippen LogP contribution < -0.4 is 15.1 Å². The number of anilines is 3. The van der Waals surface area contributed by atoms with Crippen molar-refractivity contribution in [1.82, 2.24) is 4.31 Å². The maximum atomic E-state index is 13.3. The maximum Gasteiger partial charge on any atom is 0.257 e. The van der Waals surface area contributed by atoms with Crippen molar-refractivity contribution in [3.63, 3.8) is 0 Å². The van der Waals surface area contributed by atoms with Crippen LogP contribution in [0.25, 0.3) is 0 Å². The van der Waals surface area contributed by atoms with E-state index in [1.807, 2.05) is 36.2 Å². The number of hydrogen-bond donors (Lipinski definition) is 1. The summed E-state index contributed by atoms with van der Waals surface area (Å²) in [6.45, 7) is 5.28. The minimum Gasteiger partial charge on any atom is -0.378 e. The summed E-state index contributed by atoms with van der Waals surface area (Å²) in [5.41, 5.74) is 2.65. The third-order valence-electron chi connectivity index (χ3n) is 5.36. The molecule has 1 heterocycles. The second-order valence-electron chi connectivity index (χ2n) is 7.58. The standard InChI is InChI=1S/C22H30N4O4S/c1-5-25(4)18-8-6-7-17(15-18)23-22(27)20-16-19(31(28,29)24(2)3)9-10-21(20)26-11-13-30-14-12-26/h6-10,15-16H,5,11-14H2,1-4H3,(H,23,27). The summed E-state index contributed by atoms with van der Waals surface area (Å²) >= 11 is 0. The summed E-state index contributed by atoms with van der Waals surface area (Å²) in [4.78, 5) is 17.5. The fourth-order valence-electron chi connectivity index (χ4n) is 3.35. The number of sulfonamides is 1. The van der Waals surface area contributed by atoms with Crippen LogP contribution >= 0.6 is 0 Å². The first-order chi connectivity index (χ1) is 14.7. The van der Waals surface area contributed by atoms with Crippen molar-refractivity contribution in [1.29, 1.82) is 0 Å². The number of carbonyl (C=O) groups is 1. The largest absolute Gasteiger partial charge is 0.378 e. The lowest BCUT2D eigenvalue weighted by Gasteiger charge is -2.30. The SMILES string of the molecule is CCN(C)c1cccc(NC(=O)c2cc(S(=O)(=O)N(C)C)ccc2N2CCOCC2)c1. The molecular formula is C22H30N4O4S. The molecule has 0 aromatic heterocycles. The number of benzene rings is 2. The summed E-state index contributed by atoms with van der Waals surface area (Å²) in [5.74, 6) is -0.353. The quantitative estimate of drug-likeness (QED) is 0.704. The molecule has 1 saturated heterocycles. The minimum atomic E-state index is -3.67. The fourth-order valence-corrected chi connectivity index (χ4v) is 4.28. The van der Waals surface area contributed by atoms with E-state index in [4.69, 9.17) is 4.74 Å². The van der Waals surface area contributed by atoms with Gasteiger partial charge in [-0.25, -0.2) is 12.7 Å². The first-order valence-corrected chi connectivity index (χ1v) is 11.7. The highest BCUT2D eigenvalue weighted by Crippen LogP contribution is 2.28. The van der Waals surface area contributed by atoms with Gasteiger partial charge in [0.05, 0.1) is 23.7 Å². The second-order valence-corrected chi connectivity index (χ2v) is 9.74. The van der Waals surface area contributed by atoms with E-state index in [0.29, 0.717) is 43.2 Å². The van der Waals surface area contributed by atoms with Gasteiger partial charge in [0.1, 0.15) is 0 Å². The molecule has 8 nitrogen and oxygen atoms in total. The van der Waals surface area contributed by atoms with E-state index >= 15 is 0 Å². The Labute approximate surface area is 184 Å². The summed E-state index contributed by atoms with van der Waals surface area (Å²) in [5, 5.41) is 2.93. The van der Waals surface area contributed by atoms with E-state index in [0.717, 1.165) is 16.5 Å². The lowest BCUT2D eigenvalue weighted by Crippen LogP contribution is -2.37. The summed E-state index contributed by atoms with van der Waals surface area (Å²) < 4.78 is 31.9. The Hall–Kier alpha value is -2.62. The van der Waals surface area contributed by atoms with Crippen LogP contribution in [0.1, 0.15) is 17.3 Å². The summed E-state index contributed by atoms with van der Waals surface area (Å²) in [7, 11) is 1.25. The molecule has 0 aliphatic carbocycles. The van der Waals surface area contributed by atoms with Crippen LogP contribution in [-0.2, 0) is 14.8 Å². The maximum absolute atomic E-state index is 13.3. The number of carbonyl (C=O) groups excluding carboxylic acids is 1. The zero-order valence-corrected chi connectivity index (χ0v) is 19.3. The molecule has 0 spiro atoms. The van der Waals surface area contributed by atoms with Crippen molar-refractivity contribution in [3.8, 4) is 0 Å². The van der Waals surface area contributed by atoms with Gasteiger partial charge in [-0.3, -0.25) is 4.79 Å². The number of rotatable bonds is 7. The van der Waals surface area contributed by atoms with E-state index < -0.39 is 10.0 Å². The van der Waals surface area contributed by atoms with Gasteiger partial charge >= 0.3 is 0 Å². The molecule has 1 amide bonds. The molecule has 168 valence electrons. The number of nitrogens with zero attached hydrogens (tertiary/aromatic N) is 3. The fraction of sp³-hybridized carbons (Fsp3) is 0.409. The highest BCUT2D eigenvalue weighted by Gasteiger charge is 2.24. The van der Waals surface area contributed by atoms with Crippen LogP contribution in [0, 0.1) is 0 Å². The Bertz CT molecular complexity index is 1030. The molecule has 0 atom stereocenters. The summed E-state index contributed by atoms with van der Waals surface area (Å²) in [6.07, 6.45) is 0. The first kappa shape index (κ1) is 23.1. The molecule has 9 heteroatoms. The van der Waals surface area contributed by atoms with E-state index in [9.17, 15) is 13.2 Å². The average molecular weight is 447 g/mol. The van der Waals surface area contributed by atoms with Crippen molar-refractivity contribution < 1.29 is 17.9 Å². The van der Waals surface area contributed by atoms with E-state index in [-0.39, 0.29) is 10.8 Å². The van der Waals surface area contributed by atoms with Gasteiger partial charge in [-0.05, 0) is 43.3 Å². The third kappa shape index (κ3) is 5.17. The van der Waals surface area contributed by atoms with Crippen LogP contribution in [0.2, 0.25) is 0 Å². The average Bonchev–Trinajstić information content (AvgIpc) is 2.78. The lowest BCUT2D eigenvalue weighted by atomic mass is 10.1. The molecule has 0 unspecified atom stereocenters. The lowest BCUT2D eigenvalue weighted by molar-refractivity contribution is 0.102. The molecule has 2 aromatic carbocycles. The first-order valence-electron chi connectivity index (χ1n) is 10.3. The van der Waals surface area contributed by atoms with Crippen molar-refractivity contribution in [3.05, 3.63) is 48.0 Å². The molecule has 31 heavy (non-hydrogen) atoms. The van der Waals surface area contributed by atoms with Crippen LogP contribution in [0.4, 0.5) is 17.1 Å². The van der Waals surface area contributed by atoms with E-state index in [2.05, 4.69) is 17.1 Å². The van der Waals surface area contributed by atoms with Crippen LogP contribution in [0.15, 0.2) is 47.4 Å². The van der Waals surface area contributed by atoms with Gasteiger partial charge in [-0.2, -0.15) is 0 Å². The molecule has 0 saturated carbocycles. The molecule has 2 aromatic rings. The Balaban J connectivity index is 1.99. The Morgan fingerprint density at radius 3 is 2.45 bits per heavy atom. The monoisotopic (exact) mass is 446 g/mol. The van der Waals surface area contributed by atoms with Gasteiger partial charge in [0.25, 0.3) is 5.91 Å². The molecule has 1 fully saturated rings. The molecule has 0 radical (unpaired) electrons. The van der Waals surface area contributed by atoms with Gasteiger partial charge in [0.15, 0.2) is 0 Å². The molecule has 0 bridgehead atoms. The molecule has 1 aliphatic heterocycles. The molecule has 1 aliphatic rings. The number of ether oxygens (including phenoxy) is 1. The van der Waals surface area contributed by atoms with Gasteiger partial charge in [0.2, 0.25) is 10.0 Å². The van der Waals surface area contributed by atoms with E-state index in [1.165, 1.54) is 20.2 Å². The van der Waals surface area contributed by atoms with E-state index in [1.54, 1.807) is 12.1 Å². The number of hydrogen-bond acceptors (Lipinski definition) is 6. The van der Waals surface area contributed by atoms with Gasteiger partial charge in [0, 0.05) is 57.8 Å². The Morgan fingerprint density at radius 1 is 1.10 bits per heavy atom.